The van der Waals surface area contributed by atoms with E-state index in [1.165, 1.54) is 11.9 Å². The first-order valence-corrected chi connectivity index (χ1v) is 17.1. The van der Waals surface area contributed by atoms with Gasteiger partial charge in [-0.3, -0.25) is 29.0 Å². The average Bonchev–Trinajstić information content (AvgIpc) is 3.43. The number of para-hydroxylation sites is 1. The van der Waals surface area contributed by atoms with E-state index < -0.39 is 51.1 Å². The van der Waals surface area contributed by atoms with E-state index in [-0.39, 0.29) is 42.4 Å². The van der Waals surface area contributed by atoms with Gasteiger partial charge in [0.1, 0.15) is 0 Å². The average molecular weight is 717 g/mol. The molecule has 2 heterocycles. The molecule has 0 radical (unpaired) electrons. The lowest BCUT2D eigenvalue weighted by Crippen LogP contribution is -2.60. The van der Waals surface area contributed by atoms with E-state index in [1.54, 1.807) is 49.4 Å². The molecule has 2 aliphatic heterocycles. The molecule has 2 saturated heterocycles. The first-order valence-electron chi connectivity index (χ1n) is 16.4. The van der Waals surface area contributed by atoms with E-state index >= 15 is 0 Å². The highest BCUT2D eigenvalue weighted by atomic mass is 35.5. The van der Waals surface area contributed by atoms with Crippen LogP contribution in [0.5, 0.6) is 11.5 Å². The van der Waals surface area contributed by atoms with Crippen molar-refractivity contribution in [1.82, 2.24) is 4.90 Å². The molecule has 50 heavy (non-hydrogen) atoms. The number of anilines is 2. The molecule has 0 spiro atoms. The Bertz CT molecular complexity index is 1980. The Kier molecular flexibility index (Phi) is 8.26. The molecule has 0 bridgehead atoms. The van der Waals surface area contributed by atoms with Gasteiger partial charge in [-0.05, 0) is 80.3 Å². The van der Waals surface area contributed by atoms with Crippen LogP contribution in [0.4, 0.5) is 22.7 Å². The van der Waals surface area contributed by atoms with Gasteiger partial charge >= 0.3 is 0 Å². The summed E-state index contributed by atoms with van der Waals surface area (Å²) in [5, 5.41) is 20.0. The standard InChI is InChI=1S/C37H35Cl2N5O6/c1-5-50-28-8-6-7-26(31(28)45)30-24-17-18-25-29(27(24)19-36(38)34(48)43(4)35(49)37(30,36)39)33(47)44(32(25)46)23-15-11-21(12-16-23)41-40-20-9-13-22(14-10-20)42(2)3/h6-17,25,27,29-30,45H,5,18-19H2,1-4H3. The number of hydrogen-bond acceptors (Lipinski definition) is 9. The number of aromatic hydroxyl groups is 1. The lowest BCUT2D eigenvalue weighted by molar-refractivity contribution is -0.138. The van der Waals surface area contributed by atoms with Crippen LogP contribution in [0.2, 0.25) is 0 Å². The number of rotatable bonds is 7. The molecule has 1 saturated carbocycles. The van der Waals surface area contributed by atoms with E-state index in [4.69, 9.17) is 27.9 Å². The number of phenols is 1. The smallest absolute Gasteiger partial charge is 0.253 e. The zero-order valence-electron chi connectivity index (χ0n) is 27.8. The Morgan fingerprint density at radius 3 is 2.16 bits per heavy atom. The summed E-state index contributed by atoms with van der Waals surface area (Å²) in [6, 6.07) is 19.1. The van der Waals surface area contributed by atoms with Gasteiger partial charge < -0.3 is 14.7 Å². The van der Waals surface area contributed by atoms with E-state index in [1.807, 2.05) is 49.3 Å². The fourth-order valence-corrected chi connectivity index (χ4v) is 9.00. The number of nitrogens with zero attached hydrogens (tertiary/aromatic N) is 5. The number of hydrogen-bond donors (Lipinski definition) is 1. The summed E-state index contributed by atoms with van der Waals surface area (Å²) < 4.78 is 5.64. The fourth-order valence-electron chi connectivity index (χ4n) is 7.99. The largest absolute Gasteiger partial charge is 0.504 e. The van der Waals surface area contributed by atoms with Gasteiger partial charge in [-0.1, -0.05) is 23.8 Å². The van der Waals surface area contributed by atoms with Crippen LogP contribution in [0.1, 0.15) is 31.2 Å². The number of imide groups is 2. The molecule has 4 amide bonds. The van der Waals surface area contributed by atoms with Crippen molar-refractivity contribution >= 4 is 69.6 Å². The highest BCUT2D eigenvalue weighted by molar-refractivity contribution is 6.53. The van der Waals surface area contributed by atoms with Crippen LogP contribution < -0.4 is 14.5 Å². The molecule has 11 nitrogen and oxygen atoms in total. The number of halogens is 2. The minimum atomic E-state index is -2.01. The molecule has 6 unspecified atom stereocenters. The lowest BCUT2D eigenvalue weighted by atomic mass is 9.56. The third kappa shape index (κ3) is 4.85. The third-order valence-corrected chi connectivity index (χ3v) is 11.8. The number of amides is 4. The van der Waals surface area contributed by atoms with E-state index in [0.29, 0.717) is 22.6 Å². The minimum Gasteiger partial charge on any atom is -0.504 e. The van der Waals surface area contributed by atoms with Gasteiger partial charge in [-0.15, -0.1) is 23.2 Å². The molecule has 0 aromatic heterocycles. The molecule has 6 atom stereocenters. The monoisotopic (exact) mass is 715 g/mol. The molecular formula is C37H35Cl2N5O6. The van der Waals surface area contributed by atoms with Crippen LogP contribution >= 0.6 is 23.2 Å². The normalized spacial score (nSPS) is 28.9. The van der Waals surface area contributed by atoms with Crippen molar-refractivity contribution in [3.8, 4) is 11.5 Å². The molecule has 1 N–H and O–H groups in total. The number of allylic oxidation sites excluding steroid dienone is 2. The molecule has 2 aliphatic carbocycles. The fraction of sp³-hybridized carbons (Fsp3) is 0.351. The number of phenolic OH excluding ortho intramolecular Hbond substituents is 1. The molecule has 3 aromatic rings. The maximum atomic E-state index is 14.3. The summed E-state index contributed by atoms with van der Waals surface area (Å²) in [7, 11) is 5.23. The Balaban J connectivity index is 1.23. The van der Waals surface area contributed by atoms with Crippen molar-refractivity contribution in [2.45, 2.75) is 35.4 Å². The molecule has 7 rings (SSSR count). The van der Waals surface area contributed by atoms with Crippen molar-refractivity contribution in [2.75, 3.05) is 37.5 Å². The first kappa shape index (κ1) is 33.7. The van der Waals surface area contributed by atoms with Crippen molar-refractivity contribution in [1.29, 1.82) is 0 Å². The number of fused-ring (bicyclic) bond motifs is 4. The van der Waals surface area contributed by atoms with E-state index in [0.717, 1.165) is 10.6 Å². The Morgan fingerprint density at radius 2 is 1.54 bits per heavy atom. The zero-order chi connectivity index (χ0) is 35.7. The van der Waals surface area contributed by atoms with Gasteiger partial charge in [0.15, 0.2) is 21.2 Å². The predicted octanol–water partition coefficient (Wildman–Crippen LogP) is 6.47. The summed E-state index contributed by atoms with van der Waals surface area (Å²) in [6.45, 7) is 2.04. The number of azo groups is 1. The second-order valence-electron chi connectivity index (χ2n) is 13.3. The van der Waals surface area contributed by atoms with Crippen LogP contribution in [0.15, 0.2) is 88.6 Å². The third-order valence-electron chi connectivity index (χ3n) is 10.4. The molecular weight excluding hydrogens is 681 g/mol. The van der Waals surface area contributed by atoms with Gasteiger partial charge in [0.2, 0.25) is 11.8 Å². The summed E-state index contributed by atoms with van der Waals surface area (Å²) in [6.07, 6.45) is 1.87. The number of ether oxygens (including phenoxy) is 1. The molecule has 3 aromatic carbocycles. The van der Waals surface area contributed by atoms with Crippen LogP contribution in [0.3, 0.4) is 0 Å². The molecule has 258 valence electrons. The maximum absolute atomic E-state index is 14.3. The Hall–Kier alpha value is -4.74. The van der Waals surface area contributed by atoms with Gasteiger partial charge in [0.25, 0.3) is 11.8 Å². The highest BCUT2D eigenvalue weighted by Crippen LogP contribution is 2.66. The molecule has 13 heteroatoms. The van der Waals surface area contributed by atoms with Gasteiger partial charge in [-0.25, -0.2) is 0 Å². The van der Waals surface area contributed by atoms with Crippen molar-refractivity contribution in [3.05, 3.63) is 83.9 Å². The van der Waals surface area contributed by atoms with Crippen LogP contribution in [0.25, 0.3) is 0 Å². The summed E-state index contributed by atoms with van der Waals surface area (Å²) in [5.41, 5.74) is 3.44. The predicted molar refractivity (Wildman–Crippen MR) is 189 cm³/mol. The number of alkyl halides is 2. The molecule has 3 fully saturated rings. The number of likely N-dealkylation sites (tertiary alicyclic amines) is 1. The second-order valence-corrected chi connectivity index (χ2v) is 14.5. The van der Waals surface area contributed by atoms with Crippen LogP contribution in [0, 0.1) is 17.8 Å². The maximum Gasteiger partial charge on any atom is 0.253 e. The van der Waals surface area contributed by atoms with E-state index in [9.17, 15) is 24.3 Å². The van der Waals surface area contributed by atoms with Crippen LogP contribution in [-0.2, 0) is 19.2 Å². The van der Waals surface area contributed by atoms with E-state index in [2.05, 4.69) is 10.2 Å². The second kappa shape index (κ2) is 12.2. The lowest BCUT2D eigenvalue weighted by Gasteiger charge is -2.50. The summed E-state index contributed by atoms with van der Waals surface area (Å²) in [5.74, 6) is -5.70. The highest BCUT2D eigenvalue weighted by Gasteiger charge is 2.76. The Morgan fingerprint density at radius 1 is 0.900 bits per heavy atom. The van der Waals surface area contributed by atoms with Gasteiger partial charge in [0.05, 0.1) is 35.5 Å². The van der Waals surface area contributed by atoms with Crippen molar-refractivity contribution in [3.63, 3.8) is 0 Å². The zero-order valence-corrected chi connectivity index (χ0v) is 29.4. The number of benzene rings is 3. The van der Waals surface area contributed by atoms with Crippen LogP contribution in [-0.4, -0.2) is 71.1 Å². The Labute approximate surface area is 299 Å². The van der Waals surface area contributed by atoms with Gasteiger partial charge in [-0.2, -0.15) is 10.2 Å². The van der Waals surface area contributed by atoms with Crippen molar-refractivity contribution in [2.24, 2.45) is 28.0 Å². The number of carbonyl (C=O) groups excluding carboxylic acids is 4. The topological polar surface area (TPSA) is 132 Å². The summed E-state index contributed by atoms with van der Waals surface area (Å²) >= 11 is 14.5. The first-order chi connectivity index (χ1) is 23.8. The van der Waals surface area contributed by atoms with Crippen molar-refractivity contribution < 1.29 is 29.0 Å². The summed E-state index contributed by atoms with van der Waals surface area (Å²) in [4.78, 5) is 55.9. The number of carbonyl (C=O) groups is 4. The minimum absolute atomic E-state index is 0.149. The quantitative estimate of drug-likeness (QED) is 0.128. The SMILES string of the molecule is CCOc1cccc(C2C3=CCC4C(=O)N(c5ccc(N=Nc6ccc(N(C)C)cc6)cc5)C(=O)C4C3CC3(Cl)C(=O)N(C)C(=O)C23Cl)c1O. The van der Waals surface area contributed by atoms with Gasteiger partial charge in [0, 0.05) is 38.3 Å². The molecule has 4 aliphatic rings.